The van der Waals surface area contributed by atoms with Crippen molar-refractivity contribution in [1.29, 1.82) is 0 Å². The predicted molar refractivity (Wildman–Crippen MR) is 126 cm³/mol. The van der Waals surface area contributed by atoms with Crippen LogP contribution in [-0.2, 0) is 11.3 Å². The number of hydrogen-bond donors (Lipinski definition) is 1. The standard InChI is InChI=1S/C26H33N3O3/c1-17-10-11-23(18(2)12-17)32-16-20(30)15-28-22-9-7-6-8-21(22)27-25(28)19-13-24(31)29(14-19)26(3,4)5/h6-12,19-20,30H,13-16H2,1-5H3/t19-,20-/m0/s1. The van der Waals surface area contributed by atoms with Crippen molar-refractivity contribution < 1.29 is 14.6 Å². The van der Waals surface area contributed by atoms with Crippen LogP contribution in [0.5, 0.6) is 5.75 Å². The van der Waals surface area contributed by atoms with E-state index in [1.165, 1.54) is 5.56 Å². The summed E-state index contributed by atoms with van der Waals surface area (Å²) in [5.41, 5.74) is 3.86. The van der Waals surface area contributed by atoms with Crippen molar-refractivity contribution in [3.8, 4) is 5.75 Å². The molecule has 3 aromatic rings. The minimum absolute atomic E-state index is 0.00147. The quantitative estimate of drug-likeness (QED) is 0.630. The fourth-order valence-corrected chi connectivity index (χ4v) is 4.54. The van der Waals surface area contributed by atoms with E-state index in [4.69, 9.17) is 9.72 Å². The van der Waals surface area contributed by atoms with Crippen LogP contribution >= 0.6 is 0 Å². The van der Waals surface area contributed by atoms with Crippen LogP contribution < -0.4 is 4.74 Å². The third-order valence-corrected chi connectivity index (χ3v) is 6.14. The van der Waals surface area contributed by atoms with E-state index in [9.17, 15) is 9.90 Å². The lowest BCUT2D eigenvalue weighted by atomic mass is 10.1. The smallest absolute Gasteiger partial charge is 0.223 e. The summed E-state index contributed by atoms with van der Waals surface area (Å²) in [5, 5.41) is 10.8. The molecule has 1 aliphatic rings. The molecule has 2 atom stereocenters. The van der Waals surface area contributed by atoms with Crippen LogP contribution in [0.15, 0.2) is 42.5 Å². The summed E-state index contributed by atoms with van der Waals surface area (Å²) in [5.74, 6) is 1.80. The van der Waals surface area contributed by atoms with Crippen LogP contribution in [0.1, 0.15) is 50.1 Å². The number of imidazole rings is 1. The lowest BCUT2D eigenvalue weighted by Crippen LogP contribution is -2.42. The number of carbonyl (C=O) groups is 1. The number of aromatic nitrogens is 2. The number of para-hydroxylation sites is 2. The maximum Gasteiger partial charge on any atom is 0.223 e. The molecule has 1 fully saturated rings. The Morgan fingerprint density at radius 3 is 2.62 bits per heavy atom. The molecule has 6 heteroatoms. The Labute approximate surface area is 189 Å². The van der Waals surface area contributed by atoms with E-state index >= 15 is 0 Å². The molecule has 1 saturated heterocycles. The van der Waals surface area contributed by atoms with Gasteiger partial charge >= 0.3 is 0 Å². The highest BCUT2D eigenvalue weighted by molar-refractivity contribution is 5.81. The number of rotatable bonds is 6. The molecule has 0 radical (unpaired) electrons. The van der Waals surface area contributed by atoms with Gasteiger partial charge in [0.25, 0.3) is 0 Å². The molecule has 1 N–H and O–H groups in total. The average molecular weight is 436 g/mol. The minimum Gasteiger partial charge on any atom is -0.491 e. The van der Waals surface area contributed by atoms with E-state index in [1.54, 1.807) is 0 Å². The molecule has 2 heterocycles. The van der Waals surface area contributed by atoms with Crippen LogP contribution in [0.3, 0.4) is 0 Å². The number of carbonyl (C=O) groups excluding carboxylic acids is 1. The number of fused-ring (bicyclic) bond motifs is 1. The number of aliphatic hydroxyl groups is 1. The van der Waals surface area contributed by atoms with Crippen LogP contribution in [0.25, 0.3) is 11.0 Å². The molecule has 0 bridgehead atoms. The van der Waals surface area contributed by atoms with Gasteiger partial charge in [0.05, 0.1) is 17.6 Å². The van der Waals surface area contributed by atoms with Gasteiger partial charge in [-0.15, -0.1) is 0 Å². The maximum absolute atomic E-state index is 12.7. The highest BCUT2D eigenvalue weighted by Gasteiger charge is 2.39. The molecule has 4 rings (SSSR count). The van der Waals surface area contributed by atoms with Crippen LogP contribution in [0.2, 0.25) is 0 Å². The monoisotopic (exact) mass is 435 g/mol. The summed E-state index contributed by atoms with van der Waals surface area (Å²) in [6.07, 6.45) is -0.265. The molecule has 1 aliphatic heterocycles. The number of benzene rings is 2. The van der Waals surface area contributed by atoms with Crippen molar-refractivity contribution in [1.82, 2.24) is 14.5 Å². The number of nitrogens with zero attached hydrogens (tertiary/aromatic N) is 3. The lowest BCUT2D eigenvalue weighted by molar-refractivity contribution is -0.131. The van der Waals surface area contributed by atoms with Crippen molar-refractivity contribution in [2.75, 3.05) is 13.2 Å². The zero-order chi connectivity index (χ0) is 23.0. The van der Waals surface area contributed by atoms with Crippen molar-refractivity contribution in [2.24, 2.45) is 0 Å². The average Bonchev–Trinajstić information content (AvgIpc) is 3.28. The molecule has 32 heavy (non-hydrogen) atoms. The molecule has 6 nitrogen and oxygen atoms in total. The summed E-state index contributed by atoms with van der Waals surface area (Å²) in [6, 6.07) is 14.0. The summed E-state index contributed by atoms with van der Waals surface area (Å²) in [6.45, 7) is 11.4. The minimum atomic E-state index is -0.706. The van der Waals surface area contributed by atoms with Crippen LogP contribution in [0, 0.1) is 13.8 Å². The summed E-state index contributed by atoms with van der Waals surface area (Å²) in [4.78, 5) is 19.5. The SMILES string of the molecule is Cc1ccc(OC[C@@H](O)Cn2c([C@H]3CC(=O)N(C(C)(C)C)C3)nc3ccccc32)c(C)c1. The lowest BCUT2D eigenvalue weighted by Gasteiger charge is -2.32. The van der Waals surface area contributed by atoms with Gasteiger partial charge < -0.3 is 19.3 Å². The Kier molecular flexibility index (Phi) is 5.99. The van der Waals surface area contributed by atoms with Gasteiger partial charge in [-0.2, -0.15) is 0 Å². The van der Waals surface area contributed by atoms with E-state index in [2.05, 4.69) is 31.4 Å². The predicted octanol–water partition coefficient (Wildman–Crippen LogP) is 4.21. The first-order valence-electron chi connectivity index (χ1n) is 11.3. The zero-order valence-corrected chi connectivity index (χ0v) is 19.6. The normalized spacial score (nSPS) is 17.9. The van der Waals surface area contributed by atoms with E-state index in [0.717, 1.165) is 28.2 Å². The summed E-state index contributed by atoms with van der Waals surface area (Å²) < 4.78 is 7.98. The molecule has 0 spiro atoms. The molecule has 0 unspecified atom stereocenters. The number of ether oxygens (including phenoxy) is 1. The van der Waals surface area contributed by atoms with E-state index in [0.29, 0.717) is 19.5 Å². The Hall–Kier alpha value is -2.86. The Morgan fingerprint density at radius 2 is 1.94 bits per heavy atom. The third kappa shape index (κ3) is 4.51. The van der Waals surface area contributed by atoms with Gasteiger partial charge in [0.15, 0.2) is 0 Å². The second-order valence-corrected chi connectivity index (χ2v) is 9.88. The number of aliphatic hydroxyl groups excluding tert-OH is 1. The van der Waals surface area contributed by atoms with Gasteiger partial charge in [-0.3, -0.25) is 4.79 Å². The second kappa shape index (κ2) is 8.58. The molecule has 170 valence electrons. The first-order chi connectivity index (χ1) is 15.1. The highest BCUT2D eigenvalue weighted by Crippen LogP contribution is 2.34. The van der Waals surface area contributed by atoms with Gasteiger partial charge in [-0.1, -0.05) is 29.8 Å². The van der Waals surface area contributed by atoms with Crippen molar-refractivity contribution >= 4 is 16.9 Å². The molecular formula is C26H33N3O3. The van der Waals surface area contributed by atoms with Gasteiger partial charge in [0, 0.05) is 24.4 Å². The number of aryl methyl sites for hydroxylation is 2. The second-order valence-electron chi connectivity index (χ2n) is 9.88. The molecule has 0 aliphatic carbocycles. The highest BCUT2D eigenvalue weighted by atomic mass is 16.5. The Balaban J connectivity index is 1.56. The zero-order valence-electron chi connectivity index (χ0n) is 19.6. The first-order valence-corrected chi connectivity index (χ1v) is 11.3. The molecular weight excluding hydrogens is 402 g/mol. The Bertz CT molecular complexity index is 1130. The van der Waals surface area contributed by atoms with E-state index < -0.39 is 6.10 Å². The van der Waals surface area contributed by atoms with E-state index in [-0.39, 0.29) is 24.0 Å². The van der Waals surface area contributed by atoms with Gasteiger partial charge in [0.2, 0.25) is 5.91 Å². The Morgan fingerprint density at radius 1 is 1.19 bits per heavy atom. The number of hydrogen-bond acceptors (Lipinski definition) is 4. The third-order valence-electron chi connectivity index (χ3n) is 6.14. The first kappa shape index (κ1) is 22.3. The van der Waals surface area contributed by atoms with Gasteiger partial charge in [-0.25, -0.2) is 4.98 Å². The molecule has 1 amide bonds. The van der Waals surface area contributed by atoms with Crippen molar-refractivity contribution in [2.45, 2.75) is 65.1 Å². The van der Waals surface area contributed by atoms with Crippen molar-refractivity contribution in [3.63, 3.8) is 0 Å². The summed E-state index contributed by atoms with van der Waals surface area (Å²) in [7, 11) is 0. The summed E-state index contributed by atoms with van der Waals surface area (Å²) >= 11 is 0. The topological polar surface area (TPSA) is 67.6 Å². The number of likely N-dealkylation sites (tertiary alicyclic amines) is 1. The largest absolute Gasteiger partial charge is 0.491 e. The van der Waals surface area contributed by atoms with Gasteiger partial charge in [0.1, 0.15) is 24.3 Å². The fourth-order valence-electron chi connectivity index (χ4n) is 4.54. The van der Waals surface area contributed by atoms with Crippen LogP contribution in [0.4, 0.5) is 0 Å². The maximum atomic E-state index is 12.7. The fraction of sp³-hybridized carbons (Fsp3) is 0.462. The molecule has 1 aromatic heterocycles. The molecule has 0 saturated carbocycles. The van der Waals surface area contributed by atoms with Gasteiger partial charge in [-0.05, 0) is 58.4 Å². The van der Waals surface area contributed by atoms with Crippen molar-refractivity contribution in [3.05, 3.63) is 59.4 Å². The van der Waals surface area contributed by atoms with Crippen LogP contribution in [-0.4, -0.2) is 50.3 Å². The number of amides is 1. The molecule has 2 aromatic carbocycles. The van der Waals surface area contributed by atoms with E-state index in [1.807, 2.05) is 55.1 Å².